The Labute approximate surface area is 131 Å². The standard InChI is InChI=1S/C17H12N4O2/c22-16-15(12-8-4-5-9-13(12)18-16)20-21-17-19-14(10-23-17)11-6-2-1-3-7-11/h1-10,18,22H. The molecule has 0 amide bonds. The second-order valence-electron chi connectivity index (χ2n) is 4.95. The Morgan fingerprint density at radius 1 is 0.957 bits per heavy atom. The fraction of sp³-hybridized carbons (Fsp3) is 0. The van der Waals surface area contributed by atoms with E-state index in [1.165, 1.54) is 6.26 Å². The van der Waals surface area contributed by atoms with E-state index in [0.717, 1.165) is 16.5 Å². The number of H-pyrrole nitrogens is 1. The number of oxazole rings is 1. The second-order valence-corrected chi connectivity index (χ2v) is 4.95. The lowest BCUT2D eigenvalue weighted by Gasteiger charge is -1.91. The molecule has 4 aromatic rings. The summed E-state index contributed by atoms with van der Waals surface area (Å²) in [5.74, 6) is -0.0372. The van der Waals surface area contributed by atoms with Crippen LogP contribution in [0.4, 0.5) is 11.7 Å². The first-order valence-electron chi connectivity index (χ1n) is 7.03. The lowest BCUT2D eigenvalue weighted by molar-refractivity contribution is 0.459. The van der Waals surface area contributed by atoms with Gasteiger partial charge in [-0.3, -0.25) is 0 Å². The molecule has 112 valence electrons. The molecule has 2 heterocycles. The Morgan fingerprint density at radius 3 is 2.61 bits per heavy atom. The summed E-state index contributed by atoms with van der Waals surface area (Å²) in [4.78, 5) is 7.12. The van der Waals surface area contributed by atoms with E-state index in [2.05, 4.69) is 20.2 Å². The Hall–Kier alpha value is -3.41. The summed E-state index contributed by atoms with van der Waals surface area (Å²) in [6.45, 7) is 0. The maximum absolute atomic E-state index is 9.94. The molecule has 0 spiro atoms. The Morgan fingerprint density at radius 2 is 1.74 bits per heavy atom. The molecule has 6 nitrogen and oxygen atoms in total. The fourth-order valence-electron chi connectivity index (χ4n) is 2.36. The normalized spacial score (nSPS) is 11.5. The van der Waals surface area contributed by atoms with Crippen molar-refractivity contribution >= 4 is 22.6 Å². The molecule has 0 saturated heterocycles. The van der Waals surface area contributed by atoms with Crippen LogP contribution < -0.4 is 0 Å². The highest BCUT2D eigenvalue weighted by Gasteiger charge is 2.10. The highest BCUT2D eigenvalue weighted by Crippen LogP contribution is 2.36. The van der Waals surface area contributed by atoms with Crippen LogP contribution >= 0.6 is 0 Å². The molecule has 2 N–H and O–H groups in total. The first kappa shape index (κ1) is 13.3. The van der Waals surface area contributed by atoms with Crippen molar-refractivity contribution in [3.63, 3.8) is 0 Å². The number of para-hydroxylation sites is 1. The van der Waals surface area contributed by atoms with E-state index in [9.17, 15) is 5.11 Å². The van der Waals surface area contributed by atoms with Crippen LogP contribution in [0.2, 0.25) is 0 Å². The number of aromatic hydroxyl groups is 1. The van der Waals surface area contributed by atoms with Gasteiger partial charge in [0.15, 0.2) is 5.69 Å². The van der Waals surface area contributed by atoms with Gasteiger partial charge in [-0.1, -0.05) is 53.6 Å². The molecule has 2 aromatic carbocycles. The zero-order chi connectivity index (χ0) is 15.6. The Kier molecular flexibility index (Phi) is 3.12. The zero-order valence-corrected chi connectivity index (χ0v) is 12.0. The average molecular weight is 304 g/mol. The number of nitrogens with one attached hydrogen (secondary N) is 1. The molecule has 0 aliphatic carbocycles. The van der Waals surface area contributed by atoms with Gasteiger partial charge >= 0.3 is 6.01 Å². The van der Waals surface area contributed by atoms with Crippen LogP contribution in [0.3, 0.4) is 0 Å². The highest BCUT2D eigenvalue weighted by molar-refractivity contribution is 5.94. The summed E-state index contributed by atoms with van der Waals surface area (Å²) in [6.07, 6.45) is 1.53. The Balaban J connectivity index is 1.66. The highest BCUT2D eigenvalue weighted by atomic mass is 16.4. The maximum atomic E-state index is 9.94. The molecule has 2 aromatic heterocycles. The third kappa shape index (κ3) is 2.46. The van der Waals surface area contributed by atoms with Crippen molar-refractivity contribution in [3.05, 3.63) is 60.9 Å². The van der Waals surface area contributed by atoms with Crippen LogP contribution in [0.25, 0.3) is 22.2 Å². The van der Waals surface area contributed by atoms with Crippen molar-refractivity contribution in [2.24, 2.45) is 10.2 Å². The molecule has 23 heavy (non-hydrogen) atoms. The minimum atomic E-state index is -0.0372. The average Bonchev–Trinajstić information content (AvgIpc) is 3.18. The molecular formula is C17H12N4O2. The van der Waals surface area contributed by atoms with Crippen molar-refractivity contribution in [2.45, 2.75) is 0 Å². The molecule has 6 heteroatoms. The summed E-state index contributed by atoms with van der Waals surface area (Å²) in [7, 11) is 0. The lowest BCUT2D eigenvalue weighted by atomic mass is 10.2. The van der Waals surface area contributed by atoms with Crippen LogP contribution in [-0.2, 0) is 0 Å². The van der Waals surface area contributed by atoms with E-state index in [1.807, 2.05) is 54.6 Å². The fourth-order valence-corrected chi connectivity index (χ4v) is 2.36. The molecule has 0 fully saturated rings. The van der Waals surface area contributed by atoms with Crippen molar-refractivity contribution in [2.75, 3.05) is 0 Å². The molecule has 0 aliphatic rings. The number of nitrogens with zero attached hydrogens (tertiary/aromatic N) is 3. The predicted octanol–water partition coefficient (Wildman–Crippen LogP) is 4.94. The SMILES string of the molecule is Oc1[nH]c2ccccc2c1N=Nc1nc(-c2ccccc2)co1. The van der Waals surface area contributed by atoms with Gasteiger partial charge in [0.25, 0.3) is 0 Å². The van der Waals surface area contributed by atoms with Gasteiger partial charge in [0.1, 0.15) is 12.0 Å². The van der Waals surface area contributed by atoms with Gasteiger partial charge in [-0.25, -0.2) is 0 Å². The largest absolute Gasteiger partial charge is 0.493 e. The molecule has 0 saturated carbocycles. The first-order valence-corrected chi connectivity index (χ1v) is 7.03. The minimum absolute atomic E-state index is 0.0372. The zero-order valence-electron chi connectivity index (χ0n) is 12.0. The quantitative estimate of drug-likeness (QED) is 0.525. The van der Waals surface area contributed by atoms with Crippen molar-refractivity contribution < 1.29 is 9.52 Å². The molecule has 0 atom stereocenters. The number of rotatable bonds is 3. The lowest BCUT2D eigenvalue weighted by Crippen LogP contribution is -1.74. The summed E-state index contributed by atoms with van der Waals surface area (Å²) < 4.78 is 5.31. The van der Waals surface area contributed by atoms with Gasteiger partial charge in [-0.2, -0.15) is 4.98 Å². The van der Waals surface area contributed by atoms with E-state index in [-0.39, 0.29) is 11.9 Å². The molecule has 4 rings (SSSR count). The number of fused-ring (bicyclic) bond motifs is 1. The monoisotopic (exact) mass is 304 g/mol. The van der Waals surface area contributed by atoms with Gasteiger partial charge in [-0.05, 0) is 6.07 Å². The van der Waals surface area contributed by atoms with Gasteiger partial charge < -0.3 is 14.5 Å². The summed E-state index contributed by atoms with van der Waals surface area (Å²) in [6, 6.07) is 17.2. The van der Waals surface area contributed by atoms with Gasteiger partial charge in [-0.15, -0.1) is 5.11 Å². The second kappa shape index (κ2) is 5.42. The van der Waals surface area contributed by atoms with Gasteiger partial charge in [0.05, 0.1) is 5.52 Å². The van der Waals surface area contributed by atoms with Gasteiger partial charge in [0.2, 0.25) is 5.88 Å². The van der Waals surface area contributed by atoms with Crippen molar-refractivity contribution in [1.82, 2.24) is 9.97 Å². The van der Waals surface area contributed by atoms with Crippen LogP contribution in [0.5, 0.6) is 5.88 Å². The number of azo groups is 1. The van der Waals surface area contributed by atoms with Crippen LogP contribution in [-0.4, -0.2) is 15.1 Å². The van der Waals surface area contributed by atoms with Crippen molar-refractivity contribution in [1.29, 1.82) is 0 Å². The van der Waals surface area contributed by atoms with Gasteiger partial charge in [0, 0.05) is 10.9 Å². The number of hydrogen-bond donors (Lipinski definition) is 2. The third-order valence-corrected chi connectivity index (χ3v) is 3.46. The number of benzene rings is 2. The van der Waals surface area contributed by atoms with E-state index < -0.39 is 0 Å². The molecular weight excluding hydrogens is 292 g/mol. The van der Waals surface area contributed by atoms with Crippen LogP contribution in [0.1, 0.15) is 0 Å². The van der Waals surface area contributed by atoms with E-state index in [1.54, 1.807) is 0 Å². The Bertz CT molecular complexity index is 986. The summed E-state index contributed by atoms with van der Waals surface area (Å²) >= 11 is 0. The summed E-state index contributed by atoms with van der Waals surface area (Å²) in [5.41, 5.74) is 2.77. The number of aromatic nitrogens is 2. The summed E-state index contributed by atoms with van der Waals surface area (Å²) in [5, 5.41) is 18.7. The predicted molar refractivity (Wildman–Crippen MR) is 86.1 cm³/mol. The topological polar surface area (TPSA) is 86.8 Å². The third-order valence-electron chi connectivity index (χ3n) is 3.46. The first-order chi connectivity index (χ1) is 11.3. The van der Waals surface area contributed by atoms with E-state index in [0.29, 0.717) is 11.4 Å². The maximum Gasteiger partial charge on any atom is 0.341 e. The smallest absolute Gasteiger partial charge is 0.341 e. The van der Waals surface area contributed by atoms with Crippen molar-refractivity contribution in [3.8, 4) is 17.1 Å². The molecule has 0 radical (unpaired) electrons. The van der Waals surface area contributed by atoms with Crippen LogP contribution in [0.15, 0.2) is 75.5 Å². The van der Waals surface area contributed by atoms with Crippen LogP contribution in [0, 0.1) is 0 Å². The minimum Gasteiger partial charge on any atom is -0.493 e. The van der Waals surface area contributed by atoms with E-state index in [4.69, 9.17) is 4.42 Å². The number of aromatic amines is 1. The van der Waals surface area contributed by atoms with E-state index >= 15 is 0 Å². The molecule has 0 unspecified atom stereocenters. The molecule has 0 aliphatic heterocycles. The molecule has 0 bridgehead atoms. The number of hydrogen-bond acceptors (Lipinski definition) is 5.